The van der Waals surface area contributed by atoms with E-state index < -0.39 is 0 Å². The Hall–Kier alpha value is -1.51. The number of hydrogen-bond donors (Lipinski definition) is 0. The zero-order valence-electron chi connectivity index (χ0n) is 12.4. The normalized spacial score (nSPS) is 25.0. The third kappa shape index (κ3) is 2.41. The van der Waals surface area contributed by atoms with E-state index in [1.807, 2.05) is 18.2 Å². The van der Waals surface area contributed by atoms with Gasteiger partial charge in [0.15, 0.2) is 0 Å². The Kier molecular flexibility index (Phi) is 3.45. The fourth-order valence-corrected chi connectivity index (χ4v) is 3.37. The molecule has 0 saturated heterocycles. The number of ether oxygens (including phenoxy) is 1. The van der Waals surface area contributed by atoms with Gasteiger partial charge in [0.25, 0.3) is 0 Å². The van der Waals surface area contributed by atoms with E-state index in [2.05, 4.69) is 24.8 Å². The summed E-state index contributed by atoms with van der Waals surface area (Å²) in [5.41, 5.74) is 1.01. The zero-order valence-corrected chi connectivity index (χ0v) is 12.4. The molecule has 3 heteroatoms. The molecule has 1 fully saturated rings. The molecule has 1 aromatic rings. The summed E-state index contributed by atoms with van der Waals surface area (Å²) >= 11 is 0. The first-order valence-electron chi connectivity index (χ1n) is 7.59. The summed E-state index contributed by atoms with van der Waals surface area (Å²) in [5.74, 6) is 1.56. The number of anilines is 1. The third-order valence-electron chi connectivity index (χ3n) is 4.63. The lowest BCUT2D eigenvalue weighted by atomic mass is 9.89. The van der Waals surface area contributed by atoms with Gasteiger partial charge in [-0.15, -0.1) is 0 Å². The lowest BCUT2D eigenvalue weighted by Crippen LogP contribution is -2.34. The lowest BCUT2D eigenvalue weighted by molar-refractivity contribution is -0.127. The van der Waals surface area contributed by atoms with Crippen LogP contribution in [0.2, 0.25) is 0 Å². The molecule has 0 aromatic heterocycles. The van der Waals surface area contributed by atoms with Crippen LogP contribution in [0.4, 0.5) is 5.69 Å². The lowest BCUT2D eigenvalue weighted by Gasteiger charge is -2.27. The standard InChI is InChI=1S/C17H23NO2/c1-17(2)9-8-13(16(17)19)12-18-10-5-11-20-15-7-4-3-6-14(15)18/h3-4,6-7,13H,5,8-12H2,1-2H3. The van der Waals surface area contributed by atoms with E-state index in [0.717, 1.165) is 50.4 Å². The molecule has 1 atom stereocenters. The van der Waals surface area contributed by atoms with Crippen LogP contribution in [0.3, 0.4) is 0 Å². The number of carbonyl (C=O) groups excluding carboxylic acids is 1. The average molecular weight is 273 g/mol. The highest BCUT2D eigenvalue weighted by atomic mass is 16.5. The van der Waals surface area contributed by atoms with Gasteiger partial charge in [0, 0.05) is 24.4 Å². The molecule has 0 N–H and O–H groups in total. The van der Waals surface area contributed by atoms with Gasteiger partial charge in [0.2, 0.25) is 0 Å². The van der Waals surface area contributed by atoms with Gasteiger partial charge in [-0.2, -0.15) is 0 Å². The molecule has 1 aliphatic heterocycles. The quantitative estimate of drug-likeness (QED) is 0.828. The molecule has 3 rings (SSSR count). The summed E-state index contributed by atoms with van der Waals surface area (Å²) in [6.45, 7) is 6.73. The number of hydrogen-bond acceptors (Lipinski definition) is 3. The van der Waals surface area contributed by atoms with Gasteiger partial charge < -0.3 is 9.64 Å². The molecule has 20 heavy (non-hydrogen) atoms. The van der Waals surface area contributed by atoms with E-state index in [1.54, 1.807) is 0 Å². The second-order valence-electron chi connectivity index (χ2n) is 6.60. The number of ketones is 1. The number of fused-ring (bicyclic) bond motifs is 1. The molecule has 1 aromatic carbocycles. The van der Waals surface area contributed by atoms with Crippen molar-refractivity contribution in [2.75, 3.05) is 24.6 Å². The van der Waals surface area contributed by atoms with Crippen molar-refractivity contribution in [3.05, 3.63) is 24.3 Å². The van der Waals surface area contributed by atoms with E-state index in [4.69, 9.17) is 4.74 Å². The molecule has 1 heterocycles. The summed E-state index contributed by atoms with van der Waals surface area (Å²) in [7, 11) is 0. The van der Waals surface area contributed by atoms with Crippen molar-refractivity contribution >= 4 is 11.5 Å². The molecule has 108 valence electrons. The first kappa shape index (κ1) is 13.5. The van der Waals surface area contributed by atoms with Crippen LogP contribution in [0.5, 0.6) is 5.75 Å². The summed E-state index contributed by atoms with van der Waals surface area (Å²) < 4.78 is 5.78. The molecular formula is C17H23NO2. The maximum atomic E-state index is 12.4. The Morgan fingerprint density at radius 1 is 1.35 bits per heavy atom. The molecule has 0 amide bonds. The minimum Gasteiger partial charge on any atom is -0.491 e. The topological polar surface area (TPSA) is 29.5 Å². The van der Waals surface area contributed by atoms with Crippen LogP contribution in [0.15, 0.2) is 24.3 Å². The first-order valence-corrected chi connectivity index (χ1v) is 7.59. The Morgan fingerprint density at radius 2 is 2.15 bits per heavy atom. The monoisotopic (exact) mass is 273 g/mol. The van der Waals surface area contributed by atoms with Gasteiger partial charge in [-0.25, -0.2) is 0 Å². The highest BCUT2D eigenvalue weighted by Crippen LogP contribution is 2.39. The van der Waals surface area contributed by atoms with E-state index in [9.17, 15) is 4.79 Å². The van der Waals surface area contributed by atoms with E-state index in [1.165, 1.54) is 0 Å². The minimum absolute atomic E-state index is 0.132. The zero-order chi connectivity index (χ0) is 14.2. The first-order chi connectivity index (χ1) is 9.58. The molecule has 2 aliphatic rings. The number of carbonyl (C=O) groups is 1. The van der Waals surface area contributed by atoms with Gasteiger partial charge >= 0.3 is 0 Å². The van der Waals surface area contributed by atoms with Gasteiger partial charge in [0.05, 0.1) is 12.3 Å². The fourth-order valence-electron chi connectivity index (χ4n) is 3.37. The molecule has 1 saturated carbocycles. The van der Waals surface area contributed by atoms with E-state index in [0.29, 0.717) is 5.78 Å². The predicted octanol–water partition coefficient (Wildman–Crippen LogP) is 3.28. The summed E-state index contributed by atoms with van der Waals surface area (Å²) in [6.07, 6.45) is 3.05. The highest BCUT2D eigenvalue weighted by molar-refractivity contribution is 5.89. The van der Waals surface area contributed by atoms with Crippen molar-refractivity contribution in [1.29, 1.82) is 0 Å². The molecule has 0 radical (unpaired) electrons. The minimum atomic E-state index is -0.132. The Bertz CT molecular complexity index is 509. The van der Waals surface area contributed by atoms with Crippen LogP contribution < -0.4 is 9.64 Å². The summed E-state index contributed by atoms with van der Waals surface area (Å²) in [4.78, 5) is 14.8. The molecule has 1 unspecified atom stereocenters. The Labute approximate surface area is 120 Å². The predicted molar refractivity (Wildman–Crippen MR) is 80.3 cm³/mol. The smallest absolute Gasteiger partial charge is 0.143 e. The number of benzene rings is 1. The highest BCUT2D eigenvalue weighted by Gasteiger charge is 2.41. The number of Topliss-reactive ketones (excluding diaryl/α,β-unsaturated/α-hetero) is 1. The largest absolute Gasteiger partial charge is 0.491 e. The van der Waals surface area contributed by atoms with Crippen LogP contribution in [0.1, 0.15) is 33.1 Å². The maximum Gasteiger partial charge on any atom is 0.143 e. The van der Waals surface area contributed by atoms with Crippen molar-refractivity contribution in [2.45, 2.75) is 33.1 Å². The van der Waals surface area contributed by atoms with Gasteiger partial charge in [0.1, 0.15) is 11.5 Å². The average Bonchev–Trinajstić information content (AvgIpc) is 2.63. The summed E-state index contributed by atoms with van der Waals surface area (Å²) in [5, 5.41) is 0. The second-order valence-corrected chi connectivity index (χ2v) is 6.60. The van der Waals surface area contributed by atoms with Crippen molar-refractivity contribution in [3.63, 3.8) is 0 Å². The van der Waals surface area contributed by atoms with Crippen molar-refractivity contribution < 1.29 is 9.53 Å². The number of nitrogens with zero attached hydrogens (tertiary/aromatic N) is 1. The van der Waals surface area contributed by atoms with E-state index in [-0.39, 0.29) is 11.3 Å². The Morgan fingerprint density at radius 3 is 2.90 bits per heavy atom. The van der Waals surface area contributed by atoms with Crippen LogP contribution in [0.25, 0.3) is 0 Å². The van der Waals surface area contributed by atoms with Crippen molar-refractivity contribution in [2.24, 2.45) is 11.3 Å². The molecule has 0 spiro atoms. The fraction of sp³-hybridized carbons (Fsp3) is 0.588. The SMILES string of the molecule is CC1(C)CCC(CN2CCCOc3ccccc32)C1=O. The van der Waals surface area contributed by atoms with Crippen LogP contribution in [-0.2, 0) is 4.79 Å². The van der Waals surface area contributed by atoms with Crippen LogP contribution >= 0.6 is 0 Å². The maximum absolute atomic E-state index is 12.4. The molecule has 3 nitrogen and oxygen atoms in total. The second kappa shape index (κ2) is 5.12. The Balaban J connectivity index is 1.80. The third-order valence-corrected chi connectivity index (χ3v) is 4.63. The van der Waals surface area contributed by atoms with Gasteiger partial charge in [-0.05, 0) is 31.4 Å². The molecule has 1 aliphatic carbocycles. The molecular weight excluding hydrogens is 250 g/mol. The van der Waals surface area contributed by atoms with Crippen molar-refractivity contribution in [3.8, 4) is 5.75 Å². The van der Waals surface area contributed by atoms with Crippen molar-refractivity contribution in [1.82, 2.24) is 0 Å². The van der Waals surface area contributed by atoms with Gasteiger partial charge in [-0.1, -0.05) is 26.0 Å². The van der Waals surface area contributed by atoms with Crippen LogP contribution in [0, 0.1) is 11.3 Å². The van der Waals surface area contributed by atoms with Gasteiger partial charge in [-0.3, -0.25) is 4.79 Å². The van der Waals surface area contributed by atoms with E-state index >= 15 is 0 Å². The number of rotatable bonds is 2. The van der Waals surface area contributed by atoms with Crippen LogP contribution in [-0.4, -0.2) is 25.5 Å². The number of para-hydroxylation sites is 2. The summed E-state index contributed by atoms with van der Waals surface area (Å²) in [6, 6.07) is 8.17. The molecule has 0 bridgehead atoms.